The number of aromatic carboxylic acids is 2. The molecule has 8 heteroatoms. The smallest absolute Gasteiger partial charge is 0.336 e. The zero-order chi connectivity index (χ0) is 37.3. The number of aromatic nitrogens is 4. The van der Waals surface area contributed by atoms with Crippen LogP contribution in [0, 0.1) is 6.92 Å². The van der Waals surface area contributed by atoms with Gasteiger partial charge in [0.2, 0.25) is 0 Å². The van der Waals surface area contributed by atoms with Crippen LogP contribution in [0.15, 0.2) is 133 Å². The average Bonchev–Trinajstić information content (AvgIpc) is 3.73. The van der Waals surface area contributed by atoms with E-state index < -0.39 is 11.9 Å². The standard InChI is InChI=1S/C46H38N4O4/c1-3-10-42-48-43-29(2)25-34(26-41(43)49(42)27-30-17-21-32(22-18-30)35-11-4-6-13-37(35)45(51)52)44-47-39-15-8-9-16-40(39)50(44)28-31-19-23-33(24-20-31)36-12-5-7-14-38(36)46(53)54/h4-9,11-26H,3,10,27-28H2,1-2H3,(H,51,52)(H,53,54). The molecule has 0 aliphatic carbocycles. The van der Waals surface area contributed by atoms with Crippen LogP contribution in [0.3, 0.4) is 0 Å². The largest absolute Gasteiger partial charge is 0.478 e. The minimum absolute atomic E-state index is 0.277. The van der Waals surface area contributed by atoms with Crippen molar-refractivity contribution in [1.29, 1.82) is 0 Å². The van der Waals surface area contributed by atoms with Crippen molar-refractivity contribution < 1.29 is 19.8 Å². The number of benzene rings is 6. The number of aryl methyl sites for hydroxylation is 2. The van der Waals surface area contributed by atoms with Crippen LogP contribution >= 0.6 is 0 Å². The topological polar surface area (TPSA) is 110 Å². The summed E-state index contributed by atoms with van der Waals surface area (Å²) in [6.07, 6.45) is 1.79. The number of imidazole rings is 2. The molecule has 0 fully saturated rings. The molecule has 8 aromatic rings. The van der Waals surface area contributed by atoms with Crippen molar-refractivity contribution in [2.24, 2.45) is 0 Å². The van der Waals surface area contributed by atoms with Crippen LogP contribution in [-0.2, 0) is 19.5 Å². The Morgan fingerprint density at radius 1 is 0.593 bits per heavy atom. The van der Waals surface area contributed by atoms with Gasteiger partial charge in [-0.1, -0.05) is 104 Å². The van der Waals surface area contributed by atoms with Gasteiger partial charge in [0, 0.05) is 25.1 Å². The highest BCUT2D eigenvalue weighted by atomic mass is 16.4. The summed E-state index contributed by atoms with van der Waals surface area (Å²) in [5.41, 5.74) is 11.8. The van der Waals surface area contributed by atoms with Crippen LogP contribution in [-0.4, -0.2) is 41.3 Å². The lowest BCUT2D eigenvalue weighted by Gasteiger charge is -2.13. The van der Waals surface area contributed by atoms with Gasteiger partial charge in [0.15, 0.2) is 0 Å². The normalized spacial score (nSPS) is 11.4. The van der Waals surface area contributed by atoms with Crippen LogP contribution < -0.4 is 0 Å². The number of nitrogens with zero attached hydrogens (tertiary/aromatic N) is 4. The summed E-state index contributed by atoms with van der Waals surface area (Å²) < 4.78 is 4.55. The number of hydrogen-bond acceptors (Lipinski definition) is 4. The molecule has 0 bridgehead atoms. The van der Waals surface area contributed by atoms with Crippen molar-refractivity contribution in [3.05, 3.63) is 167 Å². The number of para-hydroxylation sites is 2. The Morgan fingerprint density at radius 3 is 1.70 bits per heavy atom. The Balaban J connectivity index is 1.17. The summed E-state index contributed by atoms with van der Waals surface area (Å²) in [6, 6.07) is 42.9. The van der Waals surface area contributed by atoms with Crippen molar-refractivity contribution in [2.75, 3.05) is 0 Å². The zero-order valence-electron chi connectivity index (χ0n) is 30.0. The van der Waals surface area contributed by atoms with E-state index in [1.807, 2.05) is 66.7 Å². The molecule has 6 aromatic carbocycles. The molecular formula is C46H38N4O4. The molecule has 0 aliphatic heterocycles. The van der Waals surface area contributed by atoms with Gasteiger partial charge in [-0.2, -0.15) is 0 Å². The third kappa shape index (κ3) is 6.43. The average molecular weight is 711 g/mol. The van der Waals surface area contributed by atoms with Gasteiger partial charge in [-0.15, -0.1) is 0 Å². The van der Waals surface area contributed by atoms with Crippen molar-refractivity contribution in [2.45, 2.75) is 39.8 Å². The van der Waals surface area contributed by atoms with Gasteiger partial charge in [0.25, 0.3) is 0 Å². The Hall–Kier alpha value is -6.80. The predicted octanol–water partition coefficient (Wildman–Crippen LogP) is 10.1. The van der Waals surface area contributed by atoms with Crippen molar-refractivity contribution in [3.8, 4) is 33.6 Å². The van der Waals surface area contributed by atoms with Gasteiger partial charge in [0.1, 0.15) is 11.6 Å². The quantitative estimate of drug-likeness (QED) is 0.138. The highest BCUT2D eigenvalue weighted by Crippen LogP contribution is 2.33. The molecule has 0 atom stereocenters. The fourth-order valence-corrected chi connectivity index (χ4v) is 7.40. The number of carbonyl (C=O) groups is 2. The van der Waals surface area contributed by atoms with E-state index in [2.05, 4.69) is 65.4 Å². The Labute approximate surface area is 312 Å². The maximum absolute atomic E-state index is 11.9. The first-order valence-corrected chi connectivity index (χ1v) is 18.1. The summed E-state index contributed by atoms with van der Waals surface area (Å²) in [4.78, 5) is 34.1. The Bertz CT molecular complexity index is 2690. The molecule has 0 saturated carbocycles. The van der Waals surface area contributed by atoms with E-state index in [9.17, 15) is 19.8 Å². The van der Waals surface area contributed by atoms with Crippen LogP contribution in [0.5, 0.6) is 0 Å². The van der Waals surface area contributed by atoms with Gasteiger partial charge in [-0.05, 0) is 88.7 Å². The highest BCUT2D eigenvalue weighted by molar-refractivity contribution is 5.97. The summed E-state index contributed by atoms with van der Waals surface area (Å²) in [5.74, 6) is -0.0176. The fourth-order valence-electron chi connectivity index (χ4n) is 7.40. The zero-order valence-corrected chi connectivity index (χ0v) is 30.0. The summed E-state index contributed by atoms with van der Waals surface area (Å²) >= 11 is 0. The van der Waals surface area contributed by atoms with Crippen LogP contribution in [0.2, 0.25) is 0 Å². The number of carboxylic acids is 2. The molecule has 2 heterocycles. The molecule has 0 spiro atoms. The second-order valence-corrected chi connectivity index (χ2v) is 13.6. The van der Waals surface area contributed by atoms with E-state index in [0.717, 1.165) is 79.9 Å². The summed E-state index contributed by atoms with van der Waals surface area (Å²) in [6.45, 7) is 5.46. The molecule has 0 radical (unpaired) electrons. The SMILES string of the molecule is CCCc1nc2c(C)cc(-c3nc4ccccc4n3Cc3ccc(-c4ccccc4C(=O)O)cc3)cc2n1Cc1ccc(-c2ccccc2C(=O)O)cc1. The molecule has 0 amide bonds. The molecular weight excluding hydrogens is 673 g/mol. The minimum Gasteiger partial charge on any atom is -0.478 e. The van der Waals surface area contributed by atoms with Crippen LogP contribution in [0.4, 0.5) is 0 Å². The lowest BCUT2D eigenvalue weighted by atomic mass is 9.98. The maximum atomic E-state index is 11.9. The molecule has 266 valence electrons. The van der Waals surface area contributed by atoms with E-state index in [1.165, 1.54) is 0 Å². The van der Waals surface area contributed by atoms with Gasteiger partial charge < -0.3 is 19.3 Å². The molecule has 8 rings (SSSR count). The summed E-state index contributed by atoms with van der Waals surface area (Å²) in [7, 11) is 0. The fraction of sp³-hybridized carbons (Fsp3) is 0.130. The van der Waals surface area contributed by atoms with Gasteiger partial charge >= 0.3 is 11.9 Å². The van der Waals surface area contributed by atoms with Crippen molar-refractivity contribution in [3.63, 3.8) is 0 Å². The number of hydrogen-bond donors (Lipinski definition) is 2. The Morgan fingerprint density at radius 2 is 1.13 bits per heavy atom. The molecule has 0 unspecified atom stereocenters. The van der Waals surface area contributed by atoms with Crippen LogP contribution in [0.1, 0.15) is 56.6 Å². The van der Waals surface area contributed by atoms with E-state index in [4.69, 9.17) is 9.97 Å². The molecule has 54 heavy (non-hydrogen) atoms. The molecule has 8 nitrogen and oxygen atoms in total. The number of fused-ring (bicyclic) bond motifs is 2. The molecule has 0 saturated heterocycles. The first-order valence-electron chi connectivity index (χ1n) is 18.1. The number of rotatable bonds is 11. The van der Waals surface area contributed by atoms with Gasteiger partial charge in [0.05, 0.1) is 33.2 Å². The molecule has 2 N–H and O–H groups in total. The van der Waals surface area contributed by atoms with Crippen molar-refractivity contribution in [1.82, 2.24) is 19.1 Å². The van der Waals surface area contributed by atoms with E-state index >= 15 is 0 Å². The third-order valence-electron chi connectivity index (χ3n) is 10.0. The lowest BCUT2D eigenvalue weighted by molar-refractivity contribution is 0.0687. The Kier molecular flexibility index (Phi) is 9.09. The second kappa shape index (κ2) is 14.3. The molecule has 2 aromatic heterocycles. The first-order chi connectivity index (χ1) is 26.3. The highest BCUT2D eigenvalue weighted by Gasteiger charge is 2.19. The monoisotopic (exact) mass is 710 g/mol. The summed E-state index contributed by atoms with van der Waals surface area (Å²) in [5, 5.41) is 19.5. The van der Waals surface area contributed by atoms with E-state index in [0.29, 0.717) is 24.2 Å². The lowest BCUT2D eigenvalue weighted by Crippen LogP contribution is -2.06. The predicted molar refractivity (Wildman–Crippen MR) is 213 cm³/mol. The minimum atomic E-state index is -0.948. The van der Waals surface area contributed by atoms with Crippen molar-refractivity contribution >= 4 is 34.0 Å². The third-order valence-corrected chi connectivity index (χ3v) is 10.0. The second-order valence-electron chi connectivity index (χ2n) is 13.6. The number of carboxylic acid groups (broad SMARTS) is 2. The van der Waals surface area contributed by atoms with E-state index in [1.54, 1.807) is 24.3 Å². The van der Waals surface area contributed by atoms with Gasteiger partial charge in [-0.3, -0.25) is 0 Å². The van der Waals surface area contributed by atoms with Crippen LogP contribution in [0.25, 0.3) is 55.7 Å². The van der Waals surface area contributed by atoms with E-state index in [-0.39, 0.29) is 11.1 Å². The van der Waals surface area contributed by atoms with Gasteiger partial charge in [-0.25, -0.2) is 19.6 Å². The molecule has 0 aliphatic rings. The first kappa shape index (κ1) is 34.3. The maximum Gasteiger partial charge on any atom is 0.336 e.